The van der Waals surface area contributed by atoms with E-state index in [0.29, 0.717) is 0 Å². The Labute approximate surface area is 48.4 Å². The molecular weight excluding hydrogens is 107 g/mol. The van der Waals surface area contributed by atoms with Crippen molar-refractivity contribution in [3.05, 3.63) is 0 Å². The maximum absolute atomic E-state index is 11.8. The van der Waals surface area contributed by atoms with Gasteiger partial charge in [-0.25, -0.2) is 5.01 Å². The fourth-order valence-electron chi connectivity index (χ4n) is 0.989. The molecular formula is C5H11FN2. The van der Waals surface area contributed by atoms with Crippen LogP contribution < -0.4 is 5.84 Å². The Hall–Kier alpha value is -0.150. The predicted octanol–water partition coefficient (Wildman–Crippen LogP) is 0.151. The first kappa shape index (κ1) is 5.98. The van der Waals surface area contributed by atoms with Gasteiger partial charge in [-0.15, -0.1) is 0 Å². The van der Waals surface area contributed by atoms with Gasteiger partial charge in [-0.05, 0) is 6.42 Å². The zero-order chi connectivity index (χ0) is 5.98. The Bertz CT molecular complexity index is 76.8. The number of halogens is 1. The third-order valence-corrected chi connectivity index (χ3v) is 1.54. The molecule has 0 aromatic rings. The van der Waals surface area contributed by atoms with Crippen LogP contribution in [0.4, 0.5) is 4.39 Å². The van der Waals surface area contributed by atoms with E-state index in [1.54, 1.807) is 5.01 Å². The van der Waals surface area contributed by atoms with Gasteiger partial charge >= 0.3 is 0 Å². The molecule has 2 N–H and O–H groups in total. The number of alkyl halides is 1. The molecule has 1 heterocycles. The summed E-state index contributed by atoms with van der Waals surface area (Å²) in [6.07, 6.45) is 0.924. The van der Waals surface area contributed by atoms with Gasteiger partial charge in [0.15, 0.2) is 0 Å². The second-order valence-corrected chi connectivity index (χ2v) is 2.30. The van der Waals surface area contributed by atoms with Gasteiger partial charge in [-0.1, -0.05) is 0 Å². The molecule has 0 saturated carbocycles. The fourth-order valence-corrected chi connectivity index (χ4v) is 0.989. The Morgan fingerprint density at radius 1 is 1.75 bits per heavy atom. The average Bonchev–Trinajstić information content (AvgIpc) is 2.14. The highest BCUT2D eigenvalue weighted by molar-refractivity contribution is 4.70. The molecule has 48 valence electrons. The number of hydrogen-bond donors (Lipinski definition) is 1. The van der Waals surface area contributed by atoms with Crippen molar-refractivity contribution in [2.45, 2.75) is 6.42 Å². The molecule has 0 aliphatic carbocycles. The number of nitrogens with two attached hydrogens (primary N) is 1. The lowest BCUT2D eigenvalue weighted by atomic mass is 10.1. The molecule has 0 bridgehead atoms. The summed E-state index contributed by atoms with van der Waals surface area (Å²) in [6, 6.07) is 0. The lowest BCUT2D eigenvalue weighted by Gasteiger charge is -2.04. The van der Waals surface area contributed by atoms with E-state index in [1.165, 1.54) is 0 Å². The van der Waals surface area contributed by atoms with E-state index in [2.05, 4.69) is 0 Å². The summed E-state index contributed by atoms with van der Waals surface area (Å²) in [5, 5.41) is 1.67. The van der Waals surface area contributed by atoms with Crippen molar-refractivity contribution < 1.29 is 4.39 Å². The normalized spacial score (nSPS) is 31.5. The minimum Gasteiger partial charge on any atom is -0.269 e. The summed E-state index contributed by atoms with van der Waals surface area (Å²) in [4.78, 5) is 0. The first-order valence-corrected chi connectivity index (χ1v) is 2.88. The molecule has 0 radical (unpaired) electrons. The highest BCUT2D eigenvalue weighted by Crippen LogP contribution is 2.12. The summed E-state index contributed by atoms with van der Waals surface area (Å²) in [6.45, 7) is 1.37. The van der Waals surface area contributed by atoms with Crippen molar-refractivity contribution in [3.8, 4) is 0 Å². The highest BCUT2D eigenvalue weighted by Gasteiger charge is 2.18. The van der Waals surface area contributed by atoms with Crippen LogP contribution in [-0.4, -0.2) is 24.8 Å². The first-order chi connectivity index (χ1) is 3.83. The van der Waals surface area contributed by atoms with Crippen LogP contribution in [0.5, 0.6) is 0 Å². The van der Waals surface area contributed by atoms with E-state index < -0.39 is 0 Å². The lowest BCUT2D eigenvalue weighted by molar-refractivity contribution is 0.311. The summed E-state index contributed by atoms with van der Waals surface area (Å²) >= 11 is 0. The average molecular weight is 118 g/mol. The van der Waals surface area contributed by atoms with Crippen molar-refractivity contribution in [1.29, 1.82) is 0 Å². The minimum atomic E-state index is -0.215. The van der Waals surface area contributed by atoms with E-state index in [0.717, 1.165) is 19.5 Å². The quantitative estimate of drug-likeness (QED) is 0.497. The molecule has 1 fully saturated rings. The van der Waals surface area contributed by atoms with Gasteiger partial charge < -0.3 is 0 Å². The third kappa shape index (κ3) is 1.17. The smallest absolute Gasteiger partial charge is 0.0935 e. The number of nitrogens with zero attached hydrogens (tertiary/aromatic N) is 1. The molecule has 3 heteroatoms. The Kier molecular flexibility index (Phi) is 1.81. The first-order valence-electron chi connectivity index (χ1n) is 2.88. The van der Waals surface area contributed by atoms with Crippen molar-refractivity contribution in [3.63, 3.8) is 0 Å². The summed E-state index contributed by atoms with van der Waals surface area (Å²) in [5.41, 5.74) is 0. The van der Waals surface area contributed by atoms with E-state index in [-0.39, 0.29) is 12.6 Å². The van der Waals surface area contributed by atoms with Gasteiger partial charge in [-0.3, -0.25) is 10.2 Å². The molecule has 0 aromatic heterocycles. The summed E-state index contributed by atoms with van der Waals surface area (Å²) < 4.78 is 11.8. The molecule has 0 aromatic carbocycles. The van der Waals surface area contributed by atoms with Crippen LogP contribution in [0.15, 0.2) is 0 Å². The minimum absolute atomic E-state index is 0.208. The highest BCUT2D eigenvalue weighted by atomic mass is 19.1. The molecule has 1 aliphatic rings. The Morgan fingerprint density at radius 3 is 2.75 bits per heavy atom. The number of hydrogen-bond acceptors (Lipinski definition) is 2. The molecule has 1 saturated heterocycles. The van der Waals surface area contributed by atoms with Gasteiger partial charge in [0.25, 0.3) is 0 Å². The fraction of sp³-hybridized carbons (Fsp3) is 1.00. The SMILES string of the molecule is NN1CC[C@@H](CF)C1. The van der Waals surface area contributed by atoms with Crippen LogP contribution in [0, 0.1) is 5.92 Å². The zero-order valence-corrected chi connectivity index (χ0v) is 4.81. The maximum Gasteiger partial charge on any atom is 0.0935 e. The molecule has 2 nitrogen and oxygen atoms in total. The van der Waals surface area contributed by atoms with E-state index in [1.807, 2.05) is 0 Å². The monoisotopic (exact) mass is 118 g/mol. The van der Waals surface area contributed by atoms with E-state index in [9.17, 15) is 4.39 Å². The van der Waals surface area contributed by atoms with Crippen LogP contribution in [-0.2, 0) is 0 Å². The van der Waals surface area contributed by atoms with Crippen LogP contribution in [0.3, 0.4) is 0 Å². The Morgan fingerprint density at radius 2 is 2.50 bits per heavy atom. The second-order valence-electron chi connectivity index (χ2n) is 2.30. The van der Waals surface area contributed by atoms with E-state index in [4.69, 9.17) is 5.84 Å². The molecule has 1 rings (SSSR count). The van der Waals surface area contributed by atoms with Crippen molar-refractivity contribution >= 4 is 0 Å². The Balaban J connectivity index is 2.22. The van der Waals surface area contributed by atoms with Crippen molar-refractivity contribution in [1.82, 2.24) is 5.01 Å². The van der Waals surface area contributed by atoms with Crippen LogP contribution in [0.2, 0.25) is 0 Å². The van der Waals surface area contributed by atoms with Crippen LogP contribution in [0.25, 0.3) is 0 Å². The van der Waals surface area contributed by atoms with E-state index >= 15 is 0 Å². The van der Waals surface area contributed by atoms with Crippen molar-refractivity contribution in [2.75, 3.05) is 19.8 Å². The van der Waals surface area contributed by atoms with Gasteiger partial charge in [0, 0.05) is 19.0 Å². The molecule has 1 aliphatic heterocycles. The van der Waals surface area contributed by atoms with Crippen LogP contribution >= 0.6 is 0 Å². The van der Waals surface area contributed by atoms with Gasteiger partial charge in [0.1, 0.15) is 0 Å². The number of rotatable bonds is 1. The van der Waals surface area contributed by atoms with Gasteiger partial charge in [0.2, 0.25) is 0 Å². The molecule has 8 heavy (non-hydrogen) atoms. The van der Waals surface area contributed by atoms with Crippen molar-refractivity contribution in [2.24, 2.45) is 11.8 Å². The largest absolute Gasteiger partial charge is 0.269 e. The maximum atomic E-state index is 11.8. The standard InChI is InChI=1S/C5H11FN2/c6-3-5-1-2-8(7)4-5/h5H,1-4,7H2/t5-/m0/s1. The second kappa shape index (κ2) is 2.42. The lowest BCUT2D eigenvalue weighted by Crippen LogP contribution is -2.28. The molecule has 0 unspecified atom stereocenters. The topological polar surface area (TPSA) is 29.3 Å². The summed E-state index contributed by atoms with van der Waals surface area (Å²) in [5.74, 6) is 5.58. The molecule has 0 amide bonds. The zero-order valence-electron chi connectivity index (χ0n) is 4.81. The number of hydrazine groups is 1. The third-order valence-electron chi connectivity index (χ3n) is 1.54. The van der Waals surface area contributed by atoms with Gasteiger partial charge in [0.05, 0.1) is 6.67 Å². The predicted molar refractivity (Wildman–Crippen MR) is 29.8 cm³/mol. The molecule has 1 atom stereocenters. The van der Waals surface area contributed by atoms with Gasteiger partial charge in [-0.2, -0.15) is 0 Å². The van der Waals surface area contributed by atoms with Crippen LogP contribution in [0.1, 0.15) is 6.42 Å². The molecule has 0 spiro atoms. The summed E-state index contributed by atoms with van der Waals surface area (Å²) in [7, 11) is 0.